The van der Waals surface area contributed by atoms with Crippen LogP contribution < -0.4 is 0 Å². The second kappa shape index (κ2) is 13.7. The average molecular weight is 697 g/mol. The van der Waals surface area contributed by atoms with Crippen molar-refractivity contribution in [2.75, 3.05) is 13.7 Å². The fraction of sp³-hybridized carbons (Fsp3) is 0.692. The number of methoxy groups -OCH3 is 1. The molecule has 6 rings (SSSR count). The summed E-state index contributed by atoms with van der Waals surface area (Å²) in [6.07, 6.45) is -0.337. The molecule has 1 N–H and O–H groups in total. The number of carboxylic acids is 1. The Morgan fingerprint density at radius 3 is 2.34 bits per heavy atom. The summed E-state index contributed by atoms with van der Waals surface area (Å²) < 4.78 is 36.1. The highest BCUT2D eigenvalue weighted by molar-refractivity contribution is 5.90. The van der Waals surface area contributed by atoms with Crippen molar-refractivity contribution in [3.8, 4) is 0 Å². The van der Waals surface area contributed by atoms with Gasteiger partial charge < -0.3 is 38.3 Å². The molecule has 0 aromatic heterocycles. The lowest BCUT2D eigenvalue weighted by molar-refractivity contribution is -0.310. The molecule has 4 fully saturated rings. The highest BCUT2D eigenvalue weighted by Gasteiger charge is 2.84. The Morgan fingerprint density at radius 1 is 1.00 bits per heavy atom. The van der Waals surface area contributed by atoms with E-state index in [0.29, 0.717) is 18.8 Å². The van der Waals surface area contributed by atoms with Gasteiger partial charge in [0, 0.05) is 12.5 Å². The molecule has 0 amide bonds. The van der Waals surface area contributed by atoms with Crippen LogP contribution in [0.5, 0.6) is 0 Å². The summed E-state index contributed by atoms with van der Waals surface area (Å²) >= 11 is 0. The summed E-state index contributed by atoms with van der Waals surface area (Å²) in [7, 11) is 1.46. The maximum absolute atomic E-state index is 13.9. The SMILES string of the molecule is CO[C@H]1[C@@H](OC(=O)C(C)C)[C@H](OC(=O)OCc2ccccc2)[C@H](OCC23CC4C(C)CCC4C4(C=O)CC2C=C(C(C)C)C43C(=O)O)O[C@@H]1C. The van der Waals surface area contributed by atoms with Crippen molar-refractivity contribution < 1.29 is 52.7 Å². The van der Waals surface area contributed by atoms with Crippen molar-refractivity contribution in [2.45, 2.75) is 105 Å². The molecular weight excluding hydrogens is 644 g/mol. The predicted molar refractivity (Wildman–Crippen MR) is 179 cm³/mol. The third-order valence-corrected chi connectivity index (χ3v) is 12.8. The van der Waals surface area contributed by atoms with Crippen LogP contribution in [0.15, 0.2) is 42.0 Å². The molecule has 0 radical (unpaired) electrons. The van der Waals surface area contributed by atoms with Crippen LogP contribution in [-0.2, 0) is 49.4 Å². The number of aldehydes is 1. The van der Waals surface area contributed by atoms with Crippen LogP contribution in [0, 0.1) is 51.8 Å². The second-order valence-corrected chi connectivity index (χ2v) is 15.9. The van der Waals surface area contributed by atoms with Crippen molar-refractivity contribution in [2.24, 2.45) is 51.8 Å². The molecule has 1 saturated heterocycles. The van der Waals surface area contributed by atoms with Gasteiger partial charge in [0.2, 0.25) is 0 Å². The lowest BCUT2D eigenvalue weighted by Gasteiger charge is -2.58. The van der Waals surface area contributed by atoms with Crippen LogP contribution in [0.25, 0.3) is 0 Å². The van der Waals surface area contributed by atoms with E-state index in [2.05, 4.69) is 13.0 Å². The first-order chi connectivity index (χ1) is 23.8. The number of carbonyl (C=O) groups is 4. The standard InChI is InChI=1S/C39H52O11/c1-21(2)29-15-26-16-37(19-40)28-14-13-23(5)27(28)17-38(26,39(29,37)35(42)43)20-47-34-32(50-36(44)46-18-25-11-9-8-10-12-25)31(49-33(41)22(3)4)30(45-7)24(6)48-34/h8-12,15,19,21-24,26-28,30-32,34H,13-14,16-18,20H2,1-7H3,(H,42,43)/t23?,24-,26?,27?,28?,30-,31-,32+,34-,37?,38?,39?/m1/s1. The van der Waals surface area contributed by atoms with Gasteiger partial charge in [-0.15, -0.1) is 0 Å². The van der Waals surface area contributed by atoms with Crippen molar-refractivity contribution in [1.82, 2.24) is 0 Å². The van der Waals surface area contributed by atoms with E-state index in [1.54, 1.807) is 20.8 Å². The monoisotopic (exact) mass is 696 g/mol. The number of fused-ring (bicyclic) bond motifs is 2. The molecule has 0 spiro atoms. The number of ether oxygens (including phenoxy) is 6. The van der Waals surface area contributed by atoms with E-state index in [0.717, 1.165) is 30.3 Å². The van der Waals surface area contributed by atoms with Crippen molar-refractivity contribution in [3.05, 3.63) is 47.5 Å². The number of rotatable bonds is 12. The fourth-order valence-electron chi connectivity index (χ4n) is 10.7. The zero-order valence-electron chi connectivity index (χ0n) is 30.2. The number of carboxylic acid groups (broad SMARTS) is 1. The Hall–Kier alpha value is -3.28. The van der Waals surface area contributed by atoms with Gasteiger partial charge in [0.1, 0.15) is 24.4 Å². The maximum Gasteiger partial charge on any atom is 0.509 e. The van der Waals surface area contributed by atoms with E-state index in [4.69, 9.17) is 28.4 Å². The summed E-state index contributed by atoms with van der Waals surface area (Å²) in [5.41, 5.74) is -1.94. The first kappa shape index (κ1) is 36.5. The van der Waals surface area contributed by atoms with E-state index in [1.165, 1.54) is 7.11 Å². The van der Waals surface area contributed by atoms with Gasteiger partial charge in [-0.05, 0) is 61.3 Å². The molecule has 11 heteroatoms. The van der Waals surface area contributed by atoms with Crippen LogP contribution in [0.4, 0.5) is 4.79 Å². The molecule has 50 heavy (non-hydrogen) atoms. The molecule has 1 aliphatic heterocycles. The highest BCUT2D eigenvalue weighted by atomic mass is 16.8. The number of benzene rings is 1. The Morgan fingerprint density at radius 2 is 1.72 bits per heavy atom. The summed E-state index contributed by atoms with van der Waals surface area (Å²) in [5.74, 6) is -1.87. The van der Waals surface area contributed by atoms with Gasteiger partial charge in [-0.1, -0.05) is 83.0 Å². The molecule has 274 valence electrons. The lowest BCUT2D eigenvalue weighted by atomic mass is 9.43. The molecular formula is C39H52O11. The van der Waals surface area contributed by atoms with Gasteiger partial charge in [-0.3, -0.25) is 9.59 Å². The lowest BCUT2D eigenvalue weighted by Crippen LogP contribution is -2.65. The number of carbonyl (C=O) groups excluding carboxylic acids is 3. The molecule has 1 aromatic carbocycles. The minimum atomic E-state index is -1.46. The number of esters is 1. The van der Waals surface area contributed by atoms with Gasteiger partial charge in [0.25, 0.3) is 0 Å². The third-order valence-electron chi connectivity index (χ3n) is 12.8. The molecule has 7 unspecified atom stereocenters. The van der Waals surface area contributed by atoms with Gasteiger partial charge in [0.05, 0.1) is 24.0 Å². The molecule has 1 heterocycles. The second-order valence-electron chi connectivity index (χ2n) is 15.9. The zero-order valence-corrected chi connectivity index (χ0v) is 30.2. The fourth-order valence-corrected chi connectivity index (χ4v) is 10.7. The van der Waals surface area contributed by atoms with Crippen molar-refractivity contribution >= 4 is 24.4 Å². The van der Waals surface area contributed by atoms with Crippen LogP contribution >= 0.6 is 0 Å². The highest BCUT2D eigenvalue weighted by Crippen LogP contribution is 2.82. The molecule has 5 aliphatic rings. The summed E-state index contributed by atoms with van der Waals surface area (Å²) in [5, 5.41) is 11.4. The van der Waals surface area contributed by atoms with Gasteiger partial charge in [-0.25, -0.2) is 4.79 Å². The van der Waals surface area contributed by atoms with E-state index in [1.807, 2.05) is 44.2 Å². The number of aliphatic carboxylic acids is 1. The van der Waals surface area contributed by atoms with Gasteiger partial charge in [-0.2, -0.15) is 0 Å². The largest absolute Gasteiger partial charge is 0.509 e. The number of hydrogen-bond donors (Lipinski definition) is 1. The maximum atomic E-state index is 13.9. The minimum Gasteiger partial charge on any atom is -0.481 e. The average Bonchev–Trinajstić information content (AvgIpc) is 3.65. The van der Waals surface area contributed by atoms with Gasteiger partial charge in [0.15, 0.2) is 18.5 Å². The minimum absolute atomic E-state index is 0.0321. The topological polar surface area (TPSA) is 144 Å². The number of allylic oxidation sites excluding steroid dienone is 1. The first-order valence-electron chi connectivity index (χ1n) is 18.1. The van der Waals surface area contributed by atoms with Crippen LogP contribution in [-0.4, -0.2) is 73.9 Å². The third kappa shape index (κ3) is 5.41. The van der Waals surface area contributed by atoms with E-state index in [9.17, 15) is 24.3 Å². The summed E-state index contributed by atoms with van der Waals surface area (Å²) in [4.78, 5) is 53.7. The zero-order chi connectivity index (χ0) is 36.2. The summed E-state index contributed by atoms with van der Waals surface area (Å²) in [6.45, 7) is 11.2. The van der Waals surface area contributed by atoms with Crippen molar-refractivity contribution in [1.29, 1.82) is 0 Å². The number of hydrogen-bond acceptors (Lipinski definition) is 10. The Bertz CT molecular complexity index is 1490. The Kier molecular flexibility index (Phi) is 10.00. The Labute approximate surface area is 294 Å². The normalized spacial score (nSPS) is 39.9. The van der Waals surface area contributed by atoms with Crippen LogP contribution in [0.2, 0.25) is 0 Å². The van der Waals surface area contributed by atoms with E-state index in [-0.39, 0.29) is 36.9 Å². The quantitative estimate of drug-likeness (QED) is 0.157. The Balaban J connectivity index is 1.36. The predicted octanol–water partition coefficient (Wildman–Crippen LogP) is 5.98. The summed E-state index contributed by atoms with van der Waals surface area (Å²) in [6, 6.07) is 9.13. The molecule has 4 aliphatic carbocycles. The first-order valence-corrected chi connectivity index (χ1v) is 18.1. The van der Waals surface area contributed by atoms with Gasteiger partial charge >= 0.3 is 18.1 Å². The molecule has 3 saturated carbocycles. The molecule has 11 nitrogen and oxygen atoms in total. The molecule has 4 bridgehead atoms. The van der Waals surface area contributed by atoms with Crippen LogP contribution in [0.3, 0.4) is 0 Å². The molecule has 1 aromatic rings. The molecule has 12 atom stereocenters. The van der Waals surface area contributed by atoms with Crippen molar-refractivity contribution in [3.63, 3.8) is 0 Å². The van der Waals surface area contributed by atoms with E-state index < -0.39 is 71.0 Å². The van der Waals surface area contributed by atoms with Crippen LogP contribution in [0.1, 0.15) is 72.8 Å². The van der Waals surface area contributed by atoms with E-state index >= 15 is 0 Å². The smallest absolute Gasteiger partial charge is 0.481 e.